The minimum atomic E-state index is 0.215. The number of hydrogen-bond acceptors (Lipinski definition) is 2. The minimum Gasteiger partial charge on any atom is -0.377 e. The Morgan fingerprint density at radius 1 is 1.35 bits per heavy atom. The maximum Gasteiger partial charge on any atom is 0.223 e. The van der Waals surface area contributed by atoms with Gasteiger partial charge >= 0.3 is 0 Å². The Morgan fingerprint density at radius 3 is 2.75 bits per heavy atom. The number of morpholine rings is 1. The molecule has 3 heteroatoms. The van der Waals surface area contributed by atoms with Crippen LogP contribution in [0.3, 0.4) is 0 Å². The third-order valence-corrected chi connectivity index (χ3v) is 4.50. The van der Waals surface area contributed by atoms with Crippen molar-refractivity contribution >= 4 is 5.91 Å². The van der Waals surface area contributed by atoms with Crippen LogP contribution >= 0.6 is 0 Å². The van der Waals surface area contributed by atoms with Crippen molar-refractivity contribution < 1.29 is 9.53 Å². The molecule has 0 spiro atoms. The molecule has 1 aliphatic heterocycles. The Bertz CT molecular complexity index is 455. The lowest BCUT2D eigenvalue weighted by atomic mass is 9.90. The summed E-state index contributed by atoms with van der Waals surface area (Å²) in [5.74, 6) is 1.40. The van der Waals surface area contributed by atoms with E-state index >= 15 is 0 Å². The standard InChI is InChI=1S/C17H23NO2/c1-13-12-20-10-9-18(13)17(19)11-16(15-7-8-15)14-5-3-2-4-6-14/h2-6,13,15-16H,7-12H2,1H3. The van der Waals surface area contributed by atoms with Gasteiger partial charge < -0.3 is 9.64 Å². The number of hydrogen-bond donors (Lipinski definition) is 0. The lowest BCUT2D eigenvalue weighted by Gasteiger charge is -2.34. The summed E-state index contributed by atoms with van der Waals surface area (Å²) >= 11 is 0. The van der Waals surface area contributed by atoms with E-state index in [0.29, 0.717) is 37.4 Å². The van der Waals surface area contributed by atoms with Crippen molar-refractivity contribution in [3.05, 3.63) is 35.9 Å². The maximum absolute atomic E-state index is 12.6. The topological polar surface area (TPSA) is 29.5 Å². The number of benzene rings is 1. The van der Waals surface area contributed by atoms with E-state index in [1.807, 2.05) is 11.0 Å². The number of amides is 1. The Hall–Kier alpha value is -1.35. The zero-order valence-electron chi connectivity index (χ0n) is 12.1. The molecule has 2 atom stereocenters. The zero-order chi connectivity index (χ0) is 13.9. The van der Waals surface area contributed by atoms with E-state index < -0.39 is 0 Å². The molecule has 0 aromatic heterocycles. The molecule has 2 fully saturated rings. The first kappa shape index (κ1) is 13.6. The summed E-state index contributed by atoms with van der Waals surface area (Å²) in [6.07, 6.45) is 3.19. The average molecular weight is 273 g/mol. The highest BCUT2D eigenvalue weighted by molar-refractivity contribution is 5.77. The number of nitrogens with zero attached hydrogens (tertiary/aromatic N) is 1. The van der Waals surface area contributed by atoms with Crippen LogP contribution in [0.15, 0.2) is 30.3 Å². The van der Waals surface area contributed by atoms with Gasteiger partial charge in [-0.1, -0.05) is 30.3 Å². The van der Waals surface area contributed by atoms with E-state index in [2.05, 4.69) is 31.2 Å². The van der Waals surface area contributed by atoms with E-state index in [9.17, 15) is 4.79 Å². The highest BCUT2D eigenvalue weighted by Gasteiger charge is 2.35. The Kier molecular flexibility index (Phi) is 4.06. The van der Waals surface area contributed by atoms with E-state index in [1.54, 1.807) is 0 Å². The van der Waals surface area contributed by atoms with Gasteiger partial charge in [0.25, 0.3) is 0 Å². The third kappa shape index (κ3) is 3.04. The van der Waals surface area contributed by atoms with Crippen LogP contribution in [0.4, 0.5) is 0 Å². The molecule has 1 aliphatic carbocycles. The molecule has 3 rings (SSSR count). The molecular formula is C17H23NO2. The van der Waals surface area contributed by atoms with Crippen LogP contribution in [0.2, 0.25) is 0 Å². The molecule has 2 unspecified atom stereocenters. The summed E-state index contributed by atoms with van der Waals surface area (Å²) in [6, 6.07) is 10.7. The van der Waals surface area contributed by atoms with Crippen LogP contribution < -0.4 is 0 Å². The molecule has 1 amide bonds. The molecule has 1 heterocycles. The first-order chi connectivity index (χ1) is 9.75. The predicted octanol–water partition coefficient (Wildman–Crippen LogP) is 2.82. The Balaban J connectivity index is 1.69. The summed E-state index contributed by atoms with van der Waals surface area (Å²) in [6.45, 7) is 4.17. The van der Waals surface area contributed by atoms with Crippen LogP contribution in [0.5, 0.6) is 0 Å². The van der Waals surface area contributed by atoms with Crippen LogP contribution in [-0.4, -0.2) is 36.6 Å². The van der Waals surface area contributed by atoms with Crippen LogP contribution in [-0.2, 0) is 9.53 Å². The second kappa shape index (κ2) is 5.96. The van der Waals surface area contributed by atoms with Crippen molar-refractivity contribution in [2.45, 2.75) is 38.1 Å². The Labute approximate surface area is 120 Å². The van der Waals surface area contributed by atoms with Gasteiger partial charge in [0, 0.05) is 13.0 Å². The zero-order valence-corrected chi connectivity index (χ0v) is 12.1. The number of rotatable bonds is 4. The second-order valence-electron chi connectivity index (χ2n) is 6.07. The summed E-state index contributed by atoms with van der Waals surface area (Å²) in [5, 5.41) is 0. The van der Waals surface area contributed by atoms with Gasteiger partial charge in [-0.15, -0.1) is 0 Å². The molecule has 0 N–H and O–H groups in total. The van der Waals surface area contributed by atoms with Gasteiger partial charge in [-0.25, -0.2) is 0 Å². The average Bonchev–Trinajstić information content (AvgIpc) is 3.30. The van der Waals surface area contributed by atoms with E-state index in [0.717, 1.165) is 6.54 Å². The first-order valence-corrected chi connectivity index (χ1v) is 7.68. The van der Waals surface area contributed by atoms with Gasteiger partial charge in [0.05, 0.1) is 19.3 Å². The molecule has 20 heavy (non-hydrogen) atoms. The van der Waals surface area contributed by atoms with Crippen molar-refractivity contribution in [3.63, 3.8) is 0 Å². The van der Waals surface area contributed by atoms with Gasteiger partial charge in [-0.05, 0) is 37.2 Å². The maximum atomic E-state index is 12.6. The fourth-order valence-corrected chi connectivity index (χ4v) is 3.16. The molecular weight excluding hydrogens is 250 g/mol. The van der Waals surface area contributed by atoms with Crippen molar-refractivity contribution in [1.29, 1.82) is 0 Å². The smallest absolute Gasteiger partial charge is 0.223 e. The molecule has 1 aromatic carbocycles. The minimum absolute atomic E-state index is 0.215. The molecule has 0 bridgehead atoms. The molecule has 1 saturated heterocycles. The number of carbonyl (C=O) groups is 1. The first-order valence-electron chi connectivity index (χ1n) is 7.68. The third-order valence-electron chi connectivity index (χ3n) is 4.50. The summed E-state index contributed by atoms with van der Waals surface area (Å²) in [4.78, 5) is 14.6. The number of ether oxygens (including phenoxy) is 1. The highest BCUT2D eigenvalue weighted by Crippen LogP contribution is 2.44. The highest BCUT2D eigenvalue weighted by atomic mass is 16.5. The summed E-state index contributed by atoms with van der Waals surface area (Å²) in [5.41, 5.74) is 1.32. The van der Waals surface area contributed by atoms with Crippen molar-refractivity contribution in [2.24, 2.45) is 5.92 Å². The van der Waals surface area contributed by atoms with Gasteiger partial charge in [0.15, 0.2) is 0 Å². The van der Waals surface area contributed by atoms with Gasteiger partial charge in [-0.3, -0.25) is 4.79 Å². The molecule has 3 nitrogen and oxygen atoms in total. The lowest BCUT2D eigenvalue weighted by Crippen LogP contribution is -2.47. The fourth-order valence-electron chi connectivity index (χ4n) is 3.16. The second-order valence-corrected chi connectivity index (χ2v) is 6.07. The van der Waals surface area contributed by atoms with E-state index in [-0.39, 0.29) is 6.04 Å². The van der Waals surface area contributed by atoms with Crippen LogP contribution in [0, 0.1) is 5.92 Å². The largest absolute Gasteiger partial charge is 0.377 e. The fraction of sp³-hybridized carbons (Fsp3) is 0.588. The van der Waals surface area contributed by atoms with Crippen LogP contribution in [0.25, 0.3) is 0 Å². The lowest BCUT2D eigenvalue weighted by molar-refractivity contribution is -0.139. The van der Waals surface area contributed by atoms with Crippen molar-refractivity contribution in [3.8, 4) is 0 Å². The number of carbonyl (C=O) groups excluding carboxylic acids is 1. The van der Waals surface area contributed by atoms with Gasteiger partial charge in [0.2, 0.25) is 5.91 Å². The molecule has 2 aliphatic rings. The monoisotopic (exact) mass is 273 g/mol. The van der Waals surface area contributed by atoms with E-state index in [4.69, 9.17) is 4.74 Å². The molecule has 108 valence electrons. The summed E-state index contributed by atoms with van der Waals surface area (Å²) in [7, 11) is 0. The van der Waals surface area contributed by atoms with Gasteiger partial charge in [-0.2, -0.15) is 0 Å². The SMILES string of the molecule is CC1COCCN1C(=O)CC(c1ccccc1)C1CC1. The van der Waals surface area contributed by atoms with Crippen LogP contribution in [0.1, 0.15) is 37.7 Å². The molecule has 1 saturated carbocycles. The van der Waals surface area contributed by atoms with Crippen molar-refractivity contribution in [1.82, 2.24) is 4.90 Å². The Morgan fingerprint density at radius 2 is 2.10 bits per heavy atom. The summed E-state index contributed by atoms with van der Waals surface area (Å²) < 4.78 is 5.42. The van der Waals surface area contributed by atoms with Gasteiger partial charge in [0.1, 0.15) is 0 Å². The normalized spacial score (nSPS) is 24.4. The van der Waals surface area contributed by atoms with E-state index in [1.165, 1.54) is 18.4 Å². The molecule has 0 radical (unpaired) electrons. The quantitative estimate of drug-likeness (QED) is 0.844. The predicted molar refractivity (Wildman–Crippen MR) is 78.5 cm³/mol. The van der Waals surface area contributed by atoms with Crippen molar-refractivity contribution in [2.75, 3.05) is 19.8 Å². The molecule has 1 aromatic rings.